The van der Waals surface area contributed by atoms with Crippen molar-refractivity contribution in [2.45, 2.75) is 52.3 Å². The first kappa shape index (κ1) is 18.0. The number of nitrogens with two attached hydrogens (primary N) is 1. The second-order valence-electron chi connectivity index (χ2n) is 6.32. The molecule has 1 aromatic rings. The number of benzene rings is 1. The van der Waals surface area contributed by atoms with E-state index in [4.69, 9.17) is 11.0 Å². The third-order valence-corrected chi connectivity index (χ3v) is 3.21. The zero-order chi connectivity index (χ0) is 15.9. The molecule has 0 aliphatic carbocycles. The molecule has 0 spiro atoms. The van der Waals surface area contributed by atoms with Crippen molar-refractivity contribution < 1.29 is 16.0 Å². The third-order valence-electron chi connectivity index (χ3n) is 3.21. The van der Waals surface area contributed by atoms with E-state index in [2.05, 4.69) is 9.79 Å². The van der Waals surface area contributed by atoms with Crippen LogP contribution in [0.3, 0.4) is 0 Å². The topological polar surface area (TPSA) is 58.7 Å². The van der Waals surface area contributed by atoms with Crippen LogP contribution in [0.4, 0.5) is 4.39 Å². The Morgan fingerprint density at radius 1 is 1.33 bits per heavy atom. The van der Waals surface area contributed by atoms with E-state index >= 15 is 0 Å². The first-order chi connectivity index (χ1) is 9.85. The molecule has 1 aliphatic rings. The first-order valence-electron chi connectivity index (χ1n) is 7.38. The average Bonchev–Trinajstić information content (AvgIpc) is 2.94. The molecule has 4 nitrogen and oxygen atoms in total. The highest BCUT2D eigenvalue weighted by atomic mass is 19.1. The lowest BCUT2D eigenvalue weighted by molar-refractivity contribution is -0.306. The molecule has 21 heavy (non-hydrogen) atoms. The smallest absolute Gasteiger partial charge is 0.127 e. The molecule has 1 aliphatic heterocycles. The van der Waals surface area contributed by atoms with Gasteiger partial charge < -0.3 is 5.73 Å². The quantitative estimate of drug-likeness (QED) is 0.663. The normalized spacial score (nSPS) is 15.7. The van der Waals surface area contributed by atoms with Crippen LogP contribution in [0.15, 0.2) is 18.2 Å². The summed E-state index contributed by atoms with van der Waals surface area (Å²) in [7, 11) is 0. The Balaban J connectivity index is 0.000000546. The van der Waals surface area contributed by atoms with Crippen LogP contribution >= 0.6 is 0 Å². The molecule has 0 radical (unpaired) electrons. The highest BCUT2D eigenvalue weighted by Gasteiger charge is 2.12. The third kappa shape index (κ3) is 7.00. The minimum absolute atomic E-state index is 0. The van der Waals surface area contributed by atoms with Gasteiger partial charge in [-0.05, 0) is 58.3 Å². The number of hydrogen-bond donors (Lipinski definition) is 2. The van der Waals surface area contributed by atoms with Gasteiger partial charge >= 0.3 is 0 Å². The molecule has 3 N–H and O–H groups in total. The van der Waals surface area contributed by atoms with Crippen LogP contribution < -0.4 is 5.73 Å². The molecule has 0 atom stereocenters. The largest absolute Gasteiger partial charge is 0.326 e. The number of rotatable bonds is 3. The van der Waals surface area contributed by atoms with Crippen LogP contribution in [0.5, 0.6) is 0 Å². The molecule has 1 fully saturated rings. The van der Waals surface area contributed by atoms with Crippen LogP contribution in [0.1, 0.15) is 46.2 Å². The lowest BCUT2D eigenvalue weighted by Crippen LogP contribution is -2.18. The molecule has 0 bridgehead atoms. The van der Waals surface area contributed by atoms with Crippen LogP contribution in [0.25, 0.3) is 0 Å². The van der Waals surface area contributed by atoms with Gasteiger partial charge in [0.1, 0.15) is 5.82 Å². The molecule has 5 heteroatoms. The van der Waals surface area contributed by atoms with E-state index in [0.717, 1.165) is 19.6 Å². The van der Waals surface area contributed by atoms with Gasteiger partial charge in [-0.25, -0.2) is 9.28 Å². The van der Waals surface area contributed by atoms with Crippen molar-refractivity contribution in [1.29, 1.82) is 0 Å². The van der Waals surface area contributed by atoms with Gasteiger partial charge in [-0.3, -0.25) is 10.2 Å². The van der Waals surface area contributed by atoms with Gasteiger partial charge in [0.05, 0.1) is 5.60 Å². The number of likely N-dealkylation sites (tertiary alicyclic amines) is 1. The molecule has 1 saturated heterocycles. The highest BCUT2D eigenvalue weighted by molar-refractivity contribution is 5.25. The van der Waals surface area contributed by atoms with Crippen LogP contribution in [0, 0.1) is 5.82 Å². The second-order valence-corrected chi connectivity index (χ2v) is 6.32. The van der Waals surface area contributed by atoms with Crippen molar-refractivity contribution >= 4 is 0 Å². The first-order valence-corrected chi connectivity index (χ1v) is 7.38. The minimum atomic E-state index is -0.403. The minimum Gasteiger partial charge on any atom is -0.326 e. The summed E-state index contributed by atoms with van der Waals surface area (Å²) in [6, 6.07) is 5.26. The van der Waals surface area contributed by atoms with E-state index in [1.165, 1.54) is 24.5 Å². The summed E-state index contributed by atoms with van der Waals surface area (Å²) >= 11 is 0. The van der Waals surface area contributed by atoms with E-state index in [-0.39, 0.29) is 13.8 Å². The summed E-state index contributed by atoms with van der Waals surface area (Å²) in [5, 5.41) is 7.90. The Bertz CT molecular complexity index is 433. The Kier molecular flexibility index (Phi) is 7.25. The van der Waals surface area contributed by atoms with Gasteiger partial charge in [-0.15, -0.1) is 0 Å². The maximum atomic E-state index is 13.2. The lowest BCUT2D eigenvalue weighted by Gasteiger charge is -2.15. The monoisotopic (exact) mass is 300 g/mol. The molecular formula is C16H29FN2O2. The fourth-order valence-electron chi connectivity index (χ4n) is 2.08. The molecule has 2 rings (SSSR count). The Labute approximate surface area is 128 Å². The summed E-state index contributed by atoms with van der Waals surface area (Å²) in [6.07, 6.45) is 2.57. The van der Waals surface area contributed by atoms with Gasteiger partial charge in [-0.1, -0.05) is 12.1 Å². The zero-order valence-electron chi connectivity index (χ0n) is 13.2. The van der Waals surface area contributed by atoms with Gasteiger partial charge in [-0.2, -0.15) is 0 Å². The van der Waals surface area contributed by atoms with Crippen molar-refractivity contribution in [2.24, 2.45) is 5.73 Å². The number of nitrogens with zero attached hydrogens (tertiary/aromatic N) is 1. The van der Waals surface area contributed by atoms with Crippen LogP contribution in [-0.2, 0) is 18.0 Å². The standard InChI is InChI=1S/C12H17FN2.C4H10O2.H2/c13-12-4-3-10(7-11(12)8-14)9-15-5-1-2-6-15;1-4(2,3)6-5;/h3-4,7H,1-2,5-6,8-9,14H2;5H,1-3H3;1H. The van der Waals surface area contributed by atoms with E-state index in [1.807, 2.05) is 12.1 Å². The van der Waals surface area contributed by atoms with Crippen molar-refractivity contribution in [3.05, 3.63) is 35.1 Å². The van der Waals surface area contributed by atoms with Crippen LogP contribution in [0.2, 0.25) is 0 Å². The van der Waals surface area contributed by atoms with E-state index in [1.54, 1.807) is 20.8 Å². The van der Waals surface area contributed by atoms with Crippen LogP contribution in [-0.4, -0.2) is 28.8 Å². The summed E-state index contributed by atoms with van der Waals surface area (Å²) in [6.45, 7) is 8.84. The molecular weight excluding hydrogens is 271 g/mol. The second kappa shape index (κ2) is 8.44. The Morgan fingerprint density at radius 2 is 1.90 bits per heavy atom. The van der Waals surface area contributed by atoms with Crippen molar-refractivity contribution in [3.8, 4) is 0 Å². The molecule has 0 amide bonds. The van der Waals surface area contributed by atoms with Crippen molar-refractivity contribution in [1.82, 2.24) is 4.90 Å². The Morgan fingerprint density at radius 3 is 2.38 bits per heavy atom. The fraction of sp³-hybridized carbons (Fsp3) is 0.625. The van der Waals surface area contributed by atoms with E-state index in [9.17, 15) is 4.39 Å². The fourth-order valence-corrected chi connectivity index (χ4v) is 2.08. The summed E-state index contributed by atoms with van der Waals surface area (Å²) < 4.78 is 13.2. The predicted octanol–water partition coefficient (Wildman–Crippen LogP) is 3.40. The number of halogens is 1. The van der Waals surface area contributed by atoms with E-state index in [0.29, 0.717) is 5.56 Å². The summed E-state index contributed by atoms with van der Waals surface area (Å²) in [5.74, 6) is -0.192. The van der Waals surface area contributed by atoms with Gasteiger partial charge in [0, 0.05) is 20.1 Å². The summed E-state index contributed by atoms with van der Waals surface area (Å²) in [4.78, 5) is 6.33. The molecule has 122 valence electrons. The molecule has 0 aromatic heterocycles. The zero-order valence-corrected chi connectivity index (χ0v) is 13.2. The molecule has 0 unspecified atom stereocenters. The van der Waals surface area contributed by atoms with Gasteiger partial charge in [0.25, 0.3) is 0 Å². The SMILES string of the molecule is CC(C)(C)OO.NCc1cc(CN2CCCC2)ccc1F.[HH]. The predicted molar refractivity (Wildman–Crippen MR) is 84.4 cm³/mol. The van der Waals surface area contributed by atoms with E-state index < -0.39 is 5.60 Å². The van der Waals surface area contributed by atoms with Gasteiger partial charge in [0.2, 0.25) is 0 Å². The Hall–Kier alpha value is -1.01. The van der Waals surface area contributed by atoms with Gasteiger partial charge in [0.15, 0.2) is 0 Å². The summed E-state index contributed by atoms with van der Waals surface area (Å²) in [5.41, 5.74) is 6.85. The maximum absolute atomic E-state index is 13.2. The maximum Gasteiger partial charge on any atom is 0.127 e. The molecule has 1 aromatic carbocycles. The molecule has 0 saturated carbocycles. The lowest BCUT2D eigenvalue weighted by atomic mass is 10.1. The van der Waals surface area contributed by atoms with Crippen molar-refractivity contribution in [3.63, 3.8) is 0 Å². The highest BCUT2D eigenvalue weighted by Crippen LogP contribution is 2.15. The number of hydrogen-bond acceptors (Lipinski definition) is 4. The average molecular weight is 300 g/mol. The van der Waals surface area contributed by atoms with Crippen molar-refractivity contribution in [2.75, 3.05) is 13.1 Å². The molecule has 1 heterocycles.